The van der Waals surface area contributed by atoms with Crippen molar-refractivity contribution in [1.29, 1.82) is 0 Å². The Bertz CT molecular complexity index is 805. The van der Waals surface area contributed by atoms with Crippen LogP contribution in [0.4, 0.5) is 8.78 Å². The number of hydrogen-bond donors (Lipinski definition) is 2. The molecule has 6 nitrogen and oxygen atoms in total. The van der Waals surface area contributed by atoms with E-state index in [0.717, 1.165) is 12.1 Å². The van der Waals surface area contributed by atoms with Crippen molar-refractivity contribution < 1.29 is 27.8 Å². The number of carbonyl (C=O) groups is 2. The van der Waals surface area contributed by atoms with Gasteiger partial charge in [-0.3, -0.25) is 9.59 Å². The van der Waals surface area contributed by atoms with Gasteiger partial charge >= 0.3 is 0 Å². The fraction of sp³-hybridized carbons (Fsp3) is 0.300. The van der Waals surface area contributed by atoms with Crippen LogP contribution in [0.5, 0.6) is 0 Å². The van der Waals surface area contributed by atoms with Crippen LogP contribution in [0.1, 0.15) is 34.6 Å². The quantitative estimate of drug-likeness (QED) is 0.842. The largest absolute Gasteiger partial charge is 0.348 e. The molecule has 1 fully saturated rings. The lowest BCUT2D eigenvalue weighted by molar-refractivity contribution is -0.220. The van der Waals surface area contributed by atoms with E-state index in [9.17, 15) is 18.4 Å². The van der Waals surface area contributed by atoms with Crippen LogP contribution in [0.15, 0.2) is 48.5 Å². The Labute approximate surface area is 160 Å². The average molecular weight is 390 g/mol. The van der Waals surface area contributed by atoms with E-state index in [2.05, 4.69) is 10.6 Å². The molecule has 3 rings (SSSR count). The van der Waals surface area contributed by atoms with Gasteiger partial charge in [-0.25, -0.2) is 8.78 Å². The summed E-state index contributed by atoms with van der Waals surface area (Å²) in [5.74, 6) is -2.83. The van der Waals surface area contributed by atoms with E-state index in [-0.39, 0.29) is 11.1 Å². The summed E-state index contributed by atoms with van der Waals surface area (Å²) in [4.78, 5) is 24.8. The molecule has 28 heavy (non-hydrogen) atoms. The topological polar surface area (TPSA) is 76.7 Å². The summed E-state index contributed by atoms with van der Waals surface area (Å²) in [7, 11) is 0. The van der Waals surface area contributed by atoms with Crippen molar-refractivity contribution >= 4 is 11.8 Å². The second-order valence-electron chi connectivity index (χ2n) is 6.43. The van der Waals surface area contributed by atoms with Crippen molar-refractivity contribution in [3.05, 3.63) is 71.3 Å². The van der Waals surface area contributed by atoms with Gasteiger partial charge in [0.2, 0.25) is 0 Å². The number of halogens is 2. The van der Waals surface area contributed by atoms with E-state index in [1.165, 1.54) is 36.4 Å². The fourth-order valence-electron chi connectivity index (χ4n) is 2.75. The highest BCUT2D eigenvalue weighted by atomic mass is 19.1. The molecule has 1 saturated heterocycles. The molecule has 0 radical (unpaired) electrons. The third kappa shape index (κ3) is 4.35. The molecule has 8 heteroatoms. The molecule has 1 aliphatic rings. The Morgan fingerprint density at radius 3 is 1.46 bits per heavy atom. The van der Waals surface area contributed by atoms with Gasteiger partial charge in [0, 0.05) is 0 Å². The summed E-state index contributed by atoms with van der Waals surface area (Å²) < 4.78 is 39.2. The Hall–Kier alpha value is -2.84. The summed E-state index contributed by atoms with van der Waals surface area (Å²) in [6.07, 6.45) is -2.97. The van der Waals surface area contributed by atoms with Crippen molar-refractivity contribution in [2.75, 3.05) is 0 Å². The summed E-state index contributed by atoms with van der Waals surface area (Å²) >= 11 is 0. The third-order valence-corrected chi connectivity index (χ3v) is 4.44. The van der Waals surface area contributed by atoms with E-state index in [1.54, 1.807) is 13.8 Å². The zero-order valence-electron chi connectivity index (χ0n) is 15.3. The zero-order valence-corrected chi connectivity index (χ0v) is 15.3. The van der Waals surface area contributed by atoms with Crippen molar-refractivity contribution in [1.82, 2.24) is 10.6 Å². The molecule has 0 saturated carbocycles. The minimum absolute atomic E-state index is 0.170. The highest BCUT2D eigenvalue weighted by Gasteiger charge is 2.37. The number of amides is 2. The van der Waals surface area contributed by atoms with Crippen LogP contribution in [-0.4, -0.2) is 36.5 Å². The standard InChI is InChI=1S/C20H20F2N2O4/c1-11-12(2)28-20(24-18(26)14-8-4-6-10-16(14)22)19(27-11)23-17(25)13-7-3-5-9-15(13)21/h3-12,19-20H,1-2H3,(H,23,25)(H,24,26)/t11-,12+,19-,20+. The van der Waals surface area contributed by atoms with Gasteiger partial charge in [-0.1, -0.05) is 24.3 Å². The summed E-state index contributed by atoms with van der Waals surface area (Å²) in [5.41, 5.74) is -0.340. The smallest absolute Gasteiger partial charge is 0.256 e. The van der Waals surface area contributed by atoms with Crippen LogP contribution >= 0.6 is 0 Å². The molecule has 0 aliphatic carbocycles. The van der Waals surface area contributed by atoms with Gasteiger partial charge in [-0.15, -0.1) is 0 Å². The Balaban J connectivity index is 1.77. The van der Waals surface area contributed by atoms with Gasteiger partial charge in [0.25, 0.3) is 11.8 Å². The van der Waals surface area contributed by atoms with Gasteiger partial charge in [0.05, 0.1) is 23.3 Å². The number of ether oxygens (including phenoxy) is 2. The molecule has 1 aliphatic heterocycles. The van der Waals surface area contributed by atoms with Crippen molar-refractivity contribution in [3.63, 3.8) is 0 Å². The van der Waals surface area contributed by atoms with Crippen molar-refractivity contribution in [2.24, 2.45) is 0 Å². The second-order valence-corrected chi connectivity index (χ2v) is 6.43. The lowest BCUT2D eigenvalue weighted by atomic mass is 10.1. The predicted molar refractivity (Wildman–Crippen MR) is 96.4 cm³/mol. The maximum absolute atomic E-state index is 13.9. The monoisotopic (exact) mass is 390 g/mol. The van der Waals surface area contributed by atoms with E-state index in [4.69, 9.17) is 9.47 Å². The van der Waals surface area contributed by atoms with E-state index >= 15 is 0 Å². The van der Waals surface area contributed by atoms with Gasteiger partial charge in [-0.05, 0) is 38.1 Å². The van der Waals surface area contributed by atoms with E-state index in [1.807, 2.05) is 0 Å². The maximum atomic E-state index is 13.9. The molecule has 1 heterocycles. The van der Waals surface area contributed by atoms with Crippen LogP contribution in [-0.2, 0) is 9.47 Å². The lowest BCUT2D eigenvalue weighted by Gasteiger charge is -2.39. The first kappa shape index (κ1) is 19.9. The molecule has 4 atom stereocenters. The molecular weight excluding hydrogens is 370 g/mol. The Morgan fingerprint density at radius 2 is 1.11 bits per heavy atom. The SMILES string of the molecule is C[C@@H]1O[C@H](NC(=O)c2ccccc2F)[C@H](NC(=O)c2ccccc2F)O[C@@H]1C. The normalized spacial score (nSPS) is 24.4. The van der Waals surface area contributed by atoms with Gasteiger partial charge < -0.3 is 20.1 Å². The summed E-state index contributed by atoms with van der Waals surface area (Å²) in [6.45, 7) is 3.48. The second kappa shape index (κ2) is 8.45. The van der Waals surface area contributed by atoms with Gasteiger partial charge in [0.15, 0.2) is 12.5 Å². The summed E-state index contributed by atoms with van der Waals surface area (Å²) in [6, 6.07) is 11.0. The Kier molecular flexibility index (Phi) is 6.01. The number of hydrogen-bond acceptors (Lipinski definition) is 4. The lowest BCUT2D eigenvalue weighted by Crippen LogP contribution is -2.61. The van der Waals surface area contributed by atoms with Crippen molar-refractivity contribution in [2.45, 2.75) is 38.5 Å². The van der Waals surface area contributed by atoms with Gasteiger partial charge in [-0.2, -0.15) is 0 Å². The predicted octanol–water partition coefficient (Wildman–Crippen LogP) is 2.60. The summed E-state index contributed by atoms with van der Waals surface area (Å²) in [5, 5.41) is 5.03. The number of nitrogens with one attached hydrogen (secondary N) is 2. The molecule has 0 spiro atoms. The molecule has 0 aromatic heterocycles. The van der Waals surface area contributed by atoms with Crippen LogP contribution in [0.2, 0.25) is 0 Å². The molecule has 2 aromatic rings. The molecule has 2 N–H and O–H groups in total. The average Bonchev–Trinajstić information content (AvgIpc) is 2.66. The highest BCUT2D eigenvalue weighted by molar-refractivity contribution is 5.95. The first-order chi connectivity index (χ1) is 13.4. The molecule has 2 aromatic carbocycles. The van der Waals surface area contributed by atoms with E-state index < -0.39 is 48.1 Å². The molecule has 2 amide bonds. The molecule has 0 bridgehead atoms. The molecule has 0 unspecified atom stereocenters. The Morgan fingerprint density at radius 1 is 0.750 bits per heavy atom. The number of benzene rings is 2. The van der Waals surface area contributed by atoms with Gasteiger partial charge in [0.1, 0.15) is 11.6 Å². The van der Waals surface area contributed by atoms with Crippen molar-refractivity contribution in [3.8, 4) is 0 Å². The van der Waals surface area contributed by atoms with Crippen LogP contribution in [0.3, 0.4) is 0 Å². The zero-order chi connectivity index (χ0) is 20.3. The fourth-order valence-corrected chi connectivity index (χ4v) is 2.75. The number of carbonyl (C=O) groups excluding carboxylic acids is 2. The van der Waals surface area contributed by atoms with Crippen LogP contribution in [0.25, 0.3) is 0 Å². The highest BCUT2D eigenvalue weighted by Crippen LogP contribution is 2.19. The van der Waals surface area contributed by atoms with E-state index in [0.29, 0.717) is 0 Å². The molecular formula is C20H20F2N2O4. The first-order valence-corrected chi connectivity index (χ1v) is 8.78. The third-order valence-electron chi connectivity index (χ3n) is 4.44. The van der Waals surface area contributed by atoms with Crippen LogP contribution in [0, 0.1) is 11.6 Å². The first-order valence-electron chi connectivity index (χ1n) is 8.78. The molecule has 148 valence electrons. The maximum Gasteiger partial charge on any atom is 0.256 e. The minimum atomic E-state index is -1.09. The number of rotatable bonds is 4. The minimum Gasteiger partial charge on any atom is -0.348 e. The van der Waals surface area contributed by atoms with Crippen LogP contribution < -0.4 is 10.6 Å².